The van der Waals surface area contributed by atoms with Crippen molar-refractivity contribution in [2.45, 2.75) is 19.9 Å². The lowest BCUT2D eigenvalue weighted by Gasteiger charge is -2.19. The fraction of sp³-hybridized carbons (Fsp3) is 0.636. The molecule has 1 fully saturated rings. The lowest BCUT2D eigenvalue weighted by atomic mass is 10.3. The summed E-state index contributed by atoms with van der Waals surface area (Å²) in [6.07, 6.45) is 4.75. The van der Waals surface area contributed by atoms with Gasteiger partial charge < -0.3 is 5.32 Å². The third-order valence-corrected chi connectivity index (χ3v) is 2.79. The van der Waals surface area contributed by atoms with E-state index in [1.165, 1.54) is 6.42 Å². The highest BCUT2D eigenvalue weighted by molar-refractivity contribution is 5.07. The van der Waals surface area contributed by atoms with Crippen molar-refractivity contribution >= 4 is 0 Å². The number of rotatable bonds is 2. The molecule has 0 aromatic carbocycles. The third kappa shape index (κ3) is 2.97. The van der Waals surface area contributed by atoms with Crippen LogP contribution in [0.25, 0.3) is 0 Å². The molecule has 1 aliphatic heterocycles. The van der Waals surface area contributed by atoms with E-state index in [1.54, 1.807) is 12.4 Å². The van der Waals surface area contributed by atoms with E-state index in [9.17, 15) is 0 Å². The Bertz CT molecular complexity index is 305. The maximum atomic E-state index is 4.38. The second kappa shape index (κ2) is 5.19. The van der Waals surface area contributed by atoms with Gasteiger partial charge in [-0.15, -0.1) is 0 Å². The van der Waals surface area contributed by atoms with Crippen LogP contribution in [0.15, 0.2) is 12.4 Å². The van der Waals surface area contributed by atoms with E-state index in [-0.39, 0.29) is 0 Å². The normalized spacial score (nSPS) is 18.7. The van der Waals surface area contributed by atoms with Gasteiger partial charge in [-0.1, -0.05) is 0 Å². The van der Waals surface area contributed by atoms with E-state index >= 15 is 0 Å². The van der Waals surface area contributed by atoms with Crippen LogP contribution in [0.1, 0.15) is 17.8 Å². The molecule has 0 saturated carbocycles. The highest BCUT2D eigenvalue weighted by atomic mass is 15.2. The van der Waals surface area contributed by atoms with E-state index in [2.05, 4.69) is 20.2 Å². The van der Waals surface area contributed by atoms with Crippen LogP contribution < -0.4 is 5.32 Å². The Labute approximate surface area is 90.7 Å². The maximum Gasteiger partial charge on any atom is 0.0756 e. The largest absolute Gasteiger partial charge is 0.315 e. The van der Waals surface area contributed by atoms with Crippen molar-refractivity contribution in [3.8, 4) is 0 Å². The van der Waals surface area contributed by atoms with Crippen LogP contribution in [0.2, 0.25) is 0 Å². The van der Waals surface area contributed by atoms with Crippen molar-refractivity contribution < 1.29 is 0 Å². The van der Waals surface area contributed by atoms with Gasteiger partial charge in [-0.3, -0.25) is 14.9 Å². The molecule has 0 radical (unpaired) electrons. The SMILES string of the molecule is Cc1nccnc1CN1CCCNCC1. The summed E-state index contributed by atoms with van der Waals surface area (Å²) in [6, 6.07) is 0. The van der Waals surface area contributed by atoms with Crippen molar-refractivity contribution in [3.63, 3.8) is 0 Å². The van der Waals surface area contributed by atoms with Gasteiger partial charge in [0, 0.05) is 32.0 Å². The first-order valence-electron chi connectivity index (χ1n) is 5.56. The molecule has 2 rings (SSSR count). The molecule has 1 aromatic heterocycles. The molecule has 1 saturated heterocycles. The minimum Gasteiger partial charge on any atom is -0.315 e. The lowest BCUT2D eigenvalue weighted by Crippen LogP contribution is -2.28. The average Bonchev–Trinajstić information content (AvgIpc) is 2.50. The topological polar surface area (TPSA) is 41.1 Å². The Hall–Kier alpha value is -1.00. The van der Waals surface area contributed by atoms with Gasteiger partial charge in [-0.2, -0.15) is 0 Å². The van der Waals surface area contributed by atoms with Gasteiger partial charge in [0.1, 0.15) is 0 Å². The van der Waals surface area contributed by atoms with Gasteiger partial charge in [0.05, 0.1) is 11.4 Å². The molecule has 4 nitrogen and oxygen atoms in total. The fourth-order valence-electron chi connectivity index (χ4n) is 1.86. The van der Waals surface area contributed by atoms with Crippen LogP contribution in [-0.2, 0) is 6.54 Å². The summed E-state index contributed by atoms with van der Waals surface area (Å²) in [5.74, 6) is 0. The molecule has 0 unspecified atom stereocenters. The van der Waals surface area contributed by atoms with Gasteiger partial charge in [-0.05, 0) is 26.4 Å². The first kappa shape index (κ1) is 10.5. The van der Waals surface area contributed by atoms with E-state index < -0.39 is 0 Å². The number of aromatic nitrogens is 2. The predicted molar refractivity (Wildman–Crippen MR) is 59.5 cm³/mol. The Morgan fingerprint density at radius 2 is 2.13 bits per heavy atom. The maximum absolute atomic E-state index is 4.38. The molecule has 1 N–H and O–H groups in total. The van der Waals surface area contributed by atoms with Crippen molar-refractivity contribution in [2.75, 3.05) is 26.2 Å². The third-order valence-electron chi connectivity index (χ3n) is 2.79. The summed E-state index contributed by atoms with van der Waals surface area (Å²) in [5.41, 5.74) is 2.16. The first-order chi connectivity index (χ1) is 7.36. The first-order valence-corrected chi connectivity index (χ1v) is 5.56. The molecule has 0 bridgehead atoms. The lowest BCUT2D eigenvalue weighted by molar-refractivity contribution is 0.280. The molecular weight excluding hydrogens is 188 g/mol. The van der Waals surface area contributed by atoms with Crippen LogP contribution in [0.4, 0.5) is 0 Å². The van der Waals surface area contributed by atoms with Gasteiger partial charge in [0.25, 0.3) is 0 Å². The minimum absolute atomic E-state index is 0.932. The molecule has 0 spiro atoms. The Balaban J connectivity index is 1.98. The zero-order chi connectivity index (χ0) is 10.5. The van der Waals surface area contributed by atoms with Crippen LogP contribution in [0, 0.1) is 6.92 Å². The smallest absolute Gasteiger partial charge is 0.0756 e. The summed E-state index contributed by atoms with van der Waals surface area (Å²) >= 11 is 0. The van der Waals surface area contributed by atoms with Crippen LogP contribution in [-0.4, -0.2) is 41.0 Å². The molecular formula is C11H18N4. The second-order valence-electron chi connectivity index (χ2n) is 3.97. The number of aryl methyl sites for hydroxylation is 1. The monoisotopic (exact) mass is 206 g/mol. The van der Waals surface area contributed by atoms with Crippen LogP contribution in [0.5, 0.6) is 0 Å². The summed E-state index contributed by atoms with van der Waals surface area (Å²) in [5, 5.41) is 3.40. The summed E-state index contributed by atoms with van der Waals surface area (Å²) < 4.78 is 0. The summed E-state index contributed by atoms with van der Waals surface area (Å²) in [4.78, 5) is 11.1. The highest BCUT2D eigenvalue weighted by Gasteiger charge is 2.10. The molecule has 0 aliphatic carbocycles. The van der Waals surface area contributed by atoms with Crippen molar-refractivity contribution in [3.05, 3.63) is 23.8 Å². The molecule has 4 heteroatoms. The Kier molecular flexibility index (Phi) is 3.64. The molecule has 2 heterocycles. The van der Waals surface area contributed by atoms with Gasteiger partial charge in [-0.25, -0.2) is 0 Å². The molecule has 0 atom stereocenters. The number of hydrogen-bond acceptors (Lipinski definition) is 4. The molecule has 82 valence electrons. The predicted octanol–water partition coefficient (Wildman–Crippen LogP) is 0.580. The van der Waals surface area contributed by atoms with Crippen LogP contribution >= 0.6 is 0 Å². The average molecular weight is 206 g/mol. The van der Waals surface area contributed by atoms with Gasteiger partial charge in [0.2, 0.25) is 0 Å². The van der Waals surface area contributed by atoms with E-state index in [4.69, 9.17) is 0 Å². The Morgan fingerprint density at radius 1 is 1.27 bits per heavy atom. The quantitative estimate of drug-likeness (QED) is 0.768. The highest BCUT2D eigenvalue weighted by Crippen LogP contribution is 2.06. The number of nitrogens with one attached hydrogen (secondary N) is 1. The van der Waals surface area contributed by atoms with Crippen molar-refractivity contribution in [2.24, 2.45) is 0 Å². The van der Waals surface area contributed by atoms with Crippen LogP contribution in [0.3, 0.4) is 0 Å². The van der Waals surface area contributed by atoms with E-state index in [1.807, 2.05) is 6.92 Å². The fourth-order valence-corrected chi connectivity index (χ4v) is 1.86. The number of hydrogen-bond donors (Lipinski definition) is 1. The Morgan fingerprint density at radius 3 is 3.00 bits per heavy atom. The molecule has 15 heavy (non-hydrogen) atoms. The van der Waals surface area contributed by atoms with Crippen molar-refractivity contribution in [1.82, 2.24) is 20.2 Å². The van der Waals surface area contributed by atoms with Crippen molar-refractivity contribution in [1.29, 1.82) is 0 Å². The standard InChI is InChI=1S/C11H18N4/c1-10-11(14-5-4-13-10)9-15-7-2-3-12-6-8-15/h4-5,12H,2-3,6-9H2,1H3. The zero-order valence-electron chi connectivity index (χ0n) is 9.24. The van der Waals surface area contributed by atoms with Gasteiger partial charge in [0.15, 0.2) is 0 Å². The number of nitrogens with zero attached hydrogens (tertiary/aromatic N) is 3. The summed E-state index contributed by atoms with van der Waals surface area (Å²) in [6.45, 7) is 7.44. The second-order valence-corrected chi connectivity index (χ2v) is 3.97. The van der Waals surface area contributed by atoms with E-state index in [0.29, 0.717) is 0 Å². The van der Waals surface area contributed by atoms with E-state index in [0.717, 1.165) is 44.1 Å². The minimum atomic E-state index is 0.932. The molecule has 1 aromatic rings. The molecule has 0 amide bonds. The molecule has 1 aliphatic rings. The zero-order valence-corrected chi connectivity index (χ0v) is 9.24. The van der Waals surface area contributed by atoms with Gasteiger partial charge >= 0.3 is 0 Å². The summed E-state index contributed by atoms with van der Waals surface area (Å²) in [7, 11) is 0.